The molecule has 0 aliphatic rings. The van der Waals surface area contributed by atoms with Crippen molar-refractivity contribution < 1.29 is 43.0 Å². The van der Waals surface area contributed by atoms with E-state index in [1.165, 1.54) is 96.3 Å². The highest BCUT2D eigenvalue weighted by atomic mass is 31.2. The fourth-order valence-electron chi connectivity index (χ4n) is 6.32. The van der Waals surface area contributed by atoms with Crippen molar-refractivity contribution in [2.45, 2.75) is 206 Å². The van der Waals surface area contributed by atoms with Gasteiger partial charge < -0.3 is 24.4 Å². The number of rotatable bonds is 41. The van der Waals surface area contributed by atoms with Gasteiger partial charge in [0.1, 0.15) is 6.61 Å². The van der Waals surface area contributed by atoms with E-state index in [0.717, 1.165) is 44.4 Å². The summed E-state index contributed by atoms with van der Waals surface area (Å²) in [5.74, 6) is -0.169. The lowest BCUT2D eigenvalue weighted by Crippen LogP contribution is -2.29. The number of ether oxygens (including phenoxy) is 2. The summed E-state index contributed by atoms with van der Waals surface area (Å²) in [6.45, 7) is 5.81. The minimum absolute atomic E-state index is 0.117. The molecule has 0 aliphatic heterocycles. The molecule has 10 heteroatoms. The average Bonchev–Trinajstić information content (AvgIpc) is 3.19. The summed E-state index contributed by atoms with van der Waals surface area (Å²) < 4.78 is 26.4. The first kappa shape index (κ1) is 56.5. The van der Waals surface area contributed by atoms with Gasteiger partial charge in [0, 0.05) is 12.8 Å². The number of aliphatic hydroxyl groups excluding tert-OH is 1. The van der Waals surface area contributed by atoms with E-state index < -0.39 is 38.6 Å². The Morgan fingerprint density at radius 3 is 1.61 bits per heavy atom. The van der Waals surface area contributed by atoms with E-state index in [0.29, 0.717) is 25.7 Å². The largest absolute Gasteiger partial charge is 0.469 e. The maximum absolute atomic E-state index is 12.4. The van der Waals surface area contributed by atoms with Crippen molar-refractivity contribution in [2.75, 3.05) is 13.2 Å². The summed E-state index contributed by atoms with van der Waals surface area (Å²) in [5, 5.41) is 9.98. The van der Waals surface area contributed by atoms with Crippen LogP contribution in [0.2, 0.25) is 0 Å². The van der Waals surface area contributed by atoms with E-state index in [9.17, 15) is 19.3 Å². The van der Waals surface area contributed by atoms with Crippen LogP contribution in [0, 0.1) is 5.92 Å². The Bertz CT molecular complexity index is 1210. The first-order valence-electron chi connectivity index (χ1n) is 23.2. The van der Waals surface area contributed by atoms with Gasteiger partial charge in [0.25, 0.3) is 0 Å². The molecule has 0 rings (SSSR count). The Labute approximate surface area is 360 Å². The highest BCUT2D eigenvalue weighted by Gasteiger charge is 2.22. The third kappa shape index (κ3) is 46.4. The summed E-state index contributed by atoms with van der Waals surface area (Å²) >= 11 is 0. The SMILES string of the molecule is CC/C=C\C/C=C\CC(O)/C=C/C=C\C/C=C\C/C=C\CCC(=O)OC[C@H](COP(=O)(O)O)OC(=O)CCCCCCCCCCCCCCCCCCCCC(C)C. The van der Waals surface area contributed by atoms with Crippen LogP contribution in [0.4, 0.5) is 0 Å². The van der Waals surface area contributed by atoms with Gasteiger partial charge in [-0.3, -0.25) is 14.1 Å². The van der Waals surface area contributed by atoms with E-state index in [1.807, 2.05) is 48.6 Å². The second-order valence-corrected chi connectivity index (χ2v) is 17.3. The molecule has 0 amide bonds. The zero-order valence-electron chi connectivity index (χ0n) is 37.4. The molecule has 0 spiro atoms. The van der Waals surface area contributed by atoms with Crippen LogP contribution in [-0.2, 0) is 28.2 Å². The van der Waals surface area contributed by atoms with Crippen molar-refractivity contribution in [1.82, 2.24) is 0 Å². The number of hydrogen-bond acceptors (Lipinski definition) is 7. The van der Waals surface area contributed by atoms with Crippen molar-refractivity contribution in [3.8, 4) is 0 Å². The van der Waals surface area contributed by atoms with Gasteiger partial charge in [-0.2, -0.15) is 0 Å². The standard InChI is InChI=1S/C49H85O9P/c1-4-5-6-7-29-34-39-46(50)40-35-30-25-21-18-19-22-26-31-36-41-48(51)56-43-47(44-57-59(53,54)55)58-49(52)42-37-32-27-23-17-15-13-11-9-8-10-12-14-16-20-24-28-33-38-45(2)3/h5-6,18-19,25-26,29-31,34-35,40,45-47,50H,4,7-17,20-24,27-28,32-33,36-39,41-44H2,1-3H3,(H2,53,54,55)/b6-5-,19-18-,30-25-,31-26-,34-29-,40-35+/t46?,47-/m1/s1. The minimum atomic E-state index is -4.79. The van der Waals surface area contributed by atoms with Gasteiger partial charge in [0.15, 0.2) is 6.10 Å². The molecule has 340 valence electrons. The maximum Gasteiger partial charge on any atom is 0.469 e. The number of aliphatic hydroxyl groups is 1. The maximum atomic E-state index is 12.4. The number of esters is 2. The molecule has 0 bridgehead atoms. The molecule has 0 aromatic heterocycles. The predicted molar refractivity (Wildman–Crippen MR) is 245 cm³/mol. The highest BCUT2D eigenvalue weighted by Crippen LogP contribution is 2.36. The number of hydrogen-bond donors (Lipinski definition) is 3. The molecule has 0 radical (unpaired) electrons. The Kier molecular flexibility index (Phi) is 40.3. The van der Waals surface area contributed by atoms with Crippen molar-refractivity contribution in [3.05, 3.63) is 72.9 Å². The van der Waals surface area contributed by atoms with E-state index in [1.54, 1.807) is 6.08 Å². The number of phosphoric acid groups is 1. The number of carbonyl (C=O) groups is 2. The highest BCUT2D eigenvalue weighted by molar-refractivity contribution is 7.46. The molecular formula is C49H85O9P. The molecule has 59 heavy (non-hydrogen) atoms. The van der Waals surface area contributed by atoms with Gasteiger partial charge in [0.05, 0.1) is 12.7 Å². The van der Waals surface area contributed by atoms with Crippen LogP contribution >= 0.6 is 7.82 Å². The first-order valence-corrected chi connectivity index (χ1v) is 24.7. The zero-order valence-corrected chi connectivity index (χ0v) is 38.3. The molecule has 2 atom stereocenters. The molecule has 0 fully saturated rings. The summed E-state index contributed by atoms with van der Waals surface area (Å²) in [6, 6.07) is 0. The quantitative estimate of drug-likeness (QED) is 0.0180. The molecular weight excluding hydrogens is 764 g/mol. The van der Waals surface area contributed by atoms with Crippen LogP contribution in [0.5, 0.6) is 0 Å². The predicted octanol–water partition coefficient (Wildman–Crippen LogP) is 13.5. The van der Waals surface area contributed by atoms with Gasteiger partial charge in [-0.1, -0.05) is 209 Å². The van der Waals surface area contributed by atoms with E-state index >= 15 is 0 Å². The molecule has 3 N–H and O–H groups in total. The van der Waals surface area contributed by atoms with Crippen molar-refractivity contribution >= 4 is 19.8 Å². The molecule has 0 saturated carbocycles. The van der Waals surface area contributed by atoms with Crippen LogP contribution in [0.1, 0.15) is 194 Å². The van der Waals surface area contributed by atoms with E-state index in [-0.39, 0.29) is 19.4 Å². The number of unbranched alkanes of at least 4 members (excludes halogenated alkanes) is 17. The lowest BCUT2D eigenvalue weighted by molar-refractivity contribution is -0.161. The Morgan fingerprint density at radius 2 is 1.07 bits per heavy atom. The molecule has 1 unspecified atom stereocenters. The van der Waals surface area contributed by atoms with Crippen LogP contribution in [0.3, 0.4) is 0 Å². The fraction of sp³-hybridized carbons (Fsp3) is 0.714. The fourth-order valence-corrected chi connectivity index (χ4v) is 6.68. The minimum Gasteiger partial charge on any atom is -0.462 e. The molecule has 0 saturated heterocycles. The molecule has 0 heterocycles. The zero-order chi connectivity index (χ0) is 43.5. The lowest BCUT2D eigenvalue weighted by atomic mass is 10.0. The molecule has 0 aromatic carbocycles. The van der Waals surface area contributed by atoms with Crippen molar-refractivity contribution in [3.63, 3.8) is 0 Å². The topological polar surface area (TPSA) is 140 Å². The van der Waals surface area contributed by atoms with Gasteiger partial charge in [-0.05, 0) is 50.9 Å². The van der Waals surface area contributed by atoms with Crippen molar-refractivity contribution in [1.29, 1.82) is 0 Å². The summed E-state index contributed by atoms with van der Waals surface area (Å²) in [5.41, 5.74) is 0. The summed E-state index contributed by atoms with van der Waals surface area (Å²) in [6.07, 6.45) is 51.0. The second-order valence-electron chi connectivity index (χ2n) is 16.0. The van der Waals surface area contributed by atoms with E-state index in [2.05, 4.69) is 43.5 Å². The van der Waals surface area contributed by atoms with Crippen LogP contribution in [-0.4, -0.2) is 52.3 Å². The first-order chi connectivity index (χ1) is 28.5. The second kappa shape index (κ2) is 42.2. The number of carbonyl (C=O) groups excluding carboxylic acids is 2. The van der Waals surface area contributed by atoms with Gasteiger partial charge in [-0.15, -0.1) is 0 Å². The molecule has 0 aromatic rings. The van der Waals surface area contributed by atoms with Gasteiger partial charge in [0.2, 0.25) is 0 Å². The molecule has 0 aliphatic carbocycles. The summed E-state index contributed by atoms with van der Waals surface area (Å²) in [4.78, 5) is 42.9. The Balaban J connectivity index is 4.02. The molecule has 9 nitrogen and oxygen atoms in total. The van der Waals surface area contributed by atoms with Crippen LogP contribution in [0.25, 0.3) is 0 Å². The third-order valence-corrected chi connectivity index (χ3v) is 10.2. The van der Waals surface area contributed by atoms with Crippen molar-refractivity contribution in [2.24, 2.45) is 5.92 Å². The Hall–Kier alpha value is -2.55. The average molecular weight is 849 g/mol. The van der Waals surface area contributed by atoms with Crippen LogP contribution < -0.4 is 0 Å². The van der Waals surface area contributed by atoms with Gasteiger partial charge >= 0.3 is 19.8 Å². The number of phosphoric ester groups is 1. The third-order valence-electron chi connectivity index (χ3n) is 9.76. The lowest BCUT2D eigenvalue weighted by Gasteiger charge is -2.18. The summed E-state index contributed by atoms with van der Waals surface area (Å²) in [7, 11) is -4.79. The normalized spacial score (nSPS) is 13.7. The van der Waals surface area contributed by atoms with Crippen LogP contribution in [0.15, 0.2) is 72.9 Å². The smallest absolute Gasteiger partial charge is 0.462 e. The monoisotopic (exact) mass is 849 g/mol. The Morgan fingerprint density at radius 1 is 0.576 bits per heavy atom. The van der Waals surface area contributed by atoms with E-state index in [4.69, 9.17) is 19.3 Å². The number of allylic oxidation sites excluding steroid dienone is 10. The van der Waals surface area contributed by atoms with Gasteiger partial charge in [-0.25, -0.2) is 4.57 Å².